The lowest BCUT2D eigenvalue weighted by Gasteiger charge is -2.24. The molecule has 1 N–H and O–H groups in total. The number of hydrogen-bond donors (Lipinski definition) is 1. The van der Waals surface area contributed by atoms with Crippen LogP contribution in [0.3, 0.4) is 0 Å². The van der Waals surface area contributed by atoms with Crippen LogP contribution in [0.15, 0.2) is 54.4 Å². The molecule has 5 aromatic rings. The van der Waals surface area contributed by atoms with Gasteiger partial charge in [-0.1, -0.05) is 30.3 Å². The molecule has 1 aliphatic rings. The first-order chi connectivity index (χ1) is 21.9. The number of fused-ring (bicyclic) bond motifs is 2. The Bertz CT molecular complexity index is 1890. The van der Waals surface area contributed by atoms with Crippen molar-refractivity contribution >= 4 is 39.4 Å². The molecule has 46 heavy (non-hydrogen) atoms. The zero-order valence-corrected chi connectivity index (χ0v) is 27.7. The second kappa shape index (κ2) is 12.3. The molecule has 0 aliphatic carbocycles. The van der Waals surface area contributed by atoms with Gasteiger partial charge < -0.3 is 14.2 Å². The largest absolute Gasteiger partial charge is 0.444 e. The van der Waals surface area contributed by atoms with E-state index in [2.05, 4.69) is 45.6 Å². The molecule has 0 saturated carbocycles. The topological polar surface area (TPSA) is 107 Å². The van der Waals surface area contributed by atoms with Gasteiger partial charge in [0.1, 0.15) is 11.8 Å². The number of aromatic nitrogens is 5. The van der Waals surface area contributed by atoms with Gasteiger partial charge in [-0.2, -0.15) is 5.10 Å². The van der Waals surface area contributed by atoms with Crippen molar-refractivity contribution in [3.8, 4) is 11.1 Å². The van der Waals surface area contributed by atoms with Gasteiger partial charge in [0.2, 0.25) is 0 Å². The summed E-state index contributed by atoms with van der Waals surface area (Å²) < 4.78 is 23.3. The second-order valence-corrected chi connectivity index (χ2v) is 13.7. The number of amides is 2. The van der Waals surface area contributed by atoms with Gasteiger partial charge >= 0.3 is 6.09 Å². The van der Waals surface area contributed by atoms with Crippen LogP contribution in [0.25, 0.3) is 22.0 Å². The molecule has 12 heteroatoms. The summed E-state index contributed by atoms with van der Waals surface area (Å²) in [5.41, 5.74) is 6.63. The average molecular weight is 644 g/mol. The van der Waals surface area contributed by atoms with Crippen molar-refractivity contribution in [1.29, 1.82) is 0 Å². The number of carbonyl (C=O) groups is 2. The van der Waals surface area contributed by atoms with E-state index in [1.54, 1.807) is 39.1 Å². The van der Waals surface area contributed by atoms with Crippen LogP contribution in [0.5, 0.6) is 0 Å². The predicted molar refractivity (Wildman–Crippen MR) is 177 cm³/mol. The summed E-state index contributed by atoms with van der Waals surface area (Å²) in [4.78, 5) is 36.5. The highest BCUT2D eigenvalue weighted by Crippen LogP contribution is 2.35. The maximum absolute atomic E-state index is 14.4. The van der Waals surface area contributed by atoms with Crippen LogP contribution in [0, 0.1) is 13.8 Å². The van der Waals surface area contributed by atoms with E-state index in [4.69, 9.17) is 9.84 Å². The van der Waals surface area contributed by atoms with Crippen molar-refractivity contribution in [3.63, 3.8) is 0 Å². The molecule has 3 aromatic heterocycles. The smallest absolute Gasteiger partial charge is 0.410 e. The minimum Gasteiger partial charge on any atom is -0.444 e. The van der Waals surface area contributed by atoms with Crippen molar-refractivity contribution < 1.29 is 18.7 Å². The highest BCUT2D eigenvalue weighted by atomic mass is 32.1. The van der Waals surface area contributed by atoms with E-state index in [0.29, 0.717) is 29.5 Å². The number of imidazole rings is 1. The lowest BCUT2D eigenvalue weighted by atomic mass is 9.95. The van der Waals surface area contributed by atoms with Gasteiger partial charge in [-0.25, -0.2) is 19.2 Å². The first-order valence-corrected chi connectivity index (χ1v) is 16.2. The standard InChI is InChI=1S/C34H38FN7O3S/c1-20-15-25(23-9-7-22(8-10-23)11-13-40(6)33(44)45-34(3,4)5)21(2)28-26(20)18-42(39-28)30(31(43)38-32-36-12-14-46-32)29-27-16-24(35)17-41(27)19-37-29/h7-10,12,14-15,18-19,24,30H,11,13,16-17H2,1-6H3,(H,36,38,43)/t24-,30?/m1/s1. The Labute approximate surface area is 271 Å². The first kappa shape index (κ1) is 31.4. The number of rotatable bonds is 8. The second-order valence-electron chi connectivity index (χ2n) is 12.8. The maximum Gasteiger partial charge on any atom is 0.410 e. The van der Waals surface area contributed by atoms with Gasteiger partial charge in [0.25, 0.3) is 5.91 Å². The number of ether oxygens (including phenoxy) is 1. The molecule has 2 amide bonds. The van der Waals surface area contributed by atoms with Crippen LogP contribution in [-0.2, 0) is 28.9 Å². The Morgan fingerprint density at radius 3 is 2.65 bits per heavy atom. The molecule has 0 radical (unpaired) electrons. The minimum atomic E-state index is -1.01. The Balaban J connectivity index is 1.29. The van der Waals surface area contributed by atoms with E-state index in [-0.39, 0.29) is 25.0 Å². The zero-order chi connectivity index (χ0) is 32.7. The number of benzene rings is 2. The summed E-state index contributed by atoms with van der Waals surface area (Å²) in [7, 11) is 1.74. The summed E-state index contributed by atoms with van der Waals surface area (Å²) in [5, 5.41) is 11.0. The lowest BCUT2D eigenvalue weighted by molar-refractivity contribution is -0.118. The average Bonchev–Trinajstić information content (AvgIpc) is 3.80. The van der Waals surface area contributed by atoms with Gasteiger partial charge in [-0.15, -0.1) is 11.3 Å². The molecule has 4 heterocycles. The van der Waals surface area contributed by atoms with E-state index in [1.807, 2.05) is 40.8 Å². The van der Waals surface area contributed by atoms with E-state index < -0.39 is 17.8 Å². The fourth-order valence-electron chi connectivity index (χ4n) is 5.85. The number of hydrogen-bond acceptors (Lipinski definition) is 7. The monoisotopic (exact) mass is 643 g/mol. The summed E-state index contributed by atoms with van der Waals surface area (Å²) in [6.07, 6.45) is 4.66. The van der Waals surface area contributed by atoms with Gasteiger partial charge in [0, 0.05) is 48.9 Å². The summed E-state index contributed by atoms with van der Waals surface area (Å²) >= 11 is 1.32. The van der Waals surface area contributed by atoms with Crippen LogP contribution < -0.4 is 5.32 Å². The van der Waals surface area contributed by atoms with Gasteiger partial charge in [0.15, 0.2) is 11.2 Å². The fraction of sp³-hybridized carbons (Fsp3) is 0.382. The van der Waals surface area contributed by atoms with Crippen LogP contribution in [0.1, 0.15) is 54.9 Å². The van der Waals surface area contributed by atoms with Crippen molar-refractivity contribution in [1.82, 2.24) is 29.2 Å². The third kappa shape index (κ3) is 6.39. The molecular formula is C34H38FN7O3S. The molecule has 1 aliphatic heterocycles. The zero-order valence-electron chi connectivity index (χ0n) is 26.9. The number of carbonyl (C=O) groups excluding carboxylic acids is 2. The van der Waals surface area contributed by atoms with E-state index in [9.17, 15) is 14.0 Å². The van der Waals surface area contributed by atoms with Gasteiger partial charge in [-0.05, 0) is 68.9 Å². The van der Waals surface area contributed by atoms with Crippen molar-refractivity contribution in [3.05, 3.63) is 82.5 Å². The number of nitrogens with zero attached hydrogens (tertiary/aromatic N) is 6. The molecule has 6 rings (SSSR count). The van der Waals surface area contributed by atoms with Crippen molar-refractivity contribution in [2.75, 3.05) is 18.9 Å². The molecule has 10 nitrogen and oxygen atoms in total. The van der Waals surface area contributed by atoms with E-state index in [0.717, 1.165) is 38.7 Å². The minimum absolute atomic E-state index is 0.201. The first-order valence-electron chi connectivity index (χ1n) is 15.3. The number of thiazole rings is 1. The molecular weight excluding hydrogens is 605 g/mol. The Hall–Kier alpha value is -4.58. The van der Waals surface area contributed by atoms with Crippen molar-refractivity contribution in [2.45, 2.75) is 71.8 Å². The van der Waals surface area contributed by atoms with Crippen LogP contribution in [0.4, 0.5) is 14.3 Å². The quantitative estimate of drug-likeness (QED) is 0.207. The molecule has 0 bridgehead atoms. The Morgan fingerprint density at radius 1 is 1.20 bits per heavy atom. The lowest BCUT2D eigenvalue weighted by Crippen LogP contribution is -2.35. The van der Waals surface area contributed by atoms with E-state index in [1.165, 1.54) is 11.3 Å². The van der Waals surface area contributed by atoms with E-state index >= 15 is 0 Å². The van der Waals surface area contributed by atoms with Gasteiger partial charge in [0.05, 0.1) is 24.1 Å². The summed E-state index contributed by atoms with van der Waals surface area (Å²) in [6, 6.07) is 9.55. The van der Waals surface area contributed by atoms with Crippen LogP contribution >= 0.6 is 11.3 Å². The normalized spacial score (nSPS) is 15.2. The van der Waals surface area contributed by atoms with Crippen LogP contribution in [0.2, 0.25) is 0 Å². The molecule has 0 saturated heterocycles. The highest BCUT2D eigenvalue weighted by Gasteiger charge is 2.34. The number of alkyl halides is 1. The number of halogens is 1. The SMILES string of the molecule is Cc1cc(-c2ccc(CCN(C)C(=O)OC(C)(C)C)cc2)c(C)c2nn(C(C(=O)Nc3nccs3)c3ncn4c3C[C@@H](F)C4)cc12. The maximum atomic E-state index is 14.4. The number of likely N-dealkylation sites (N-methyl/N-ethyl adjacent to an activating group) is 1. The molecule has 1 unspecified atom stereocenters. The van der Waals surface area contributed by atoms with Gasteiger partial charge in [-0.3, -0.25) is 14.8 Å². The molecule has 0 spiro atoms. The molecule has 240 valence electrons. The van der Waals surface area contributed by atoms with Crippen molar-refractivity contribution in [2.24, 2.45) is 0 Å². The number of nitrogens with one attached hydrogen (secondary N) is 1. The third-order valence-electron chi connectivity index (χ3n) is 8.21. The highest BCUT2D eigenvalue weighted by molar-refractivity contribution is 7.13. The number of aryl methyl sites for hydroxylation is 2. The summed E-state index contributed by atoms with van der Waals surface area (Å²) in [5.74, 6) is -0.338. The fourth-order valence-corrected chi connectivity index (χ4v) is 6.38. The molecule has 2 aromatic carbocycles. The molecule has 2 atom stereocenters. The Kier molecular flexibility index (Phi) is 8.41. The third-order valence-corrected chi connectivity index (χ3v) is 8.89. The molecule has 0 fully saturated rings. The number of anilines is 1. The summed E-state index contributed by atoms with van der Waals surface area (Å²) in [6.45, 7) is 10.4. The Morgan fingerprint density at radius 2 is 1.96 bits per heavy atom. The van der Waals surface area contributed by atoms with Crippen LogP contribution in [-0.4, -0.2) is 66.6 Å². The predicted octanol–water partition coefficient (Wildman–Crippen LogP) is 6.50.